The lowest BCUT2D eigenvalue weighted by Gasteiger charge is -2.06. The number of carboxylic acid groups (broad SMARTS) is 1. The highest BCUT2D eigenvalue weighted by Crippen LogP contribution is 2.06. The maximum absolute atomic E-state index is 13.0. The largest absolute Gasteiger partial charge is 0.476 e. The maximum atomic E-state index is 13.0. The second-order valence-corrected chi connectivity index (χ2v) is 4.55. The summed E-state index contributed by atoms with van der Waals surface area (Å²) in [7, 11) is 0. The number of aryl methyl sites for hydroxylation is 1. The molecule has 1 aromatic heterocycles. The van der Waals surface area contributed by atoms with E-state index in [1.807, 2.05) is 0 Å². The number of hydrogen-bond acceptors (Lipinski definition) is 4. The van der Waals surface area contributed by atoms with Gasteiger partial charge in [-0.05, 0) is 30.5 Å². The summed E-state index contributed by atoms with van der Waals surface area (Å²) in [4.78, 5) is 30.2. The summed E-state index contributed by atoms with van der Waals surface area (Å²) >= 11 is 0. The molecule has 6 nitrogen and oxygen atoms in total. The molecule has 1 heterocycles. The third-order valence-electron chi connectivity index (χ3n) is 2.93. The normalized spacial score (nSPS) is 10.2. The van der Waals surface area contributed by atoms with E-state index in [-0.39, 0.29) is 17.2 Å². The van der Waals surface area contributed by atoms with Crippen LogP contribution in [-0.2, 0) is 6.42 Å². The van der Waals surface area contributed by atoms with Crippen LogP contribution in [0.25, 0.3) is 0 Å². The van der Waals surface area contributed by atoms with Gasteiger partial charge in [0.15, 0.2) is 11.4 Å². The van der Waals surface area contributed by atoms with Crippen molar-refractivity contribution in [2.24, 2.45) is 0 Å². The summed E-state index contributed by atoms with van der Waals surface area (Å²) < 4.78 is 13.0. The van der Waals surface area contributed by atoms with Gasteiger partial charge < -0.3 is 10.4 Å². The van der Waals surface area contributed by atoms with Crippen LogP contribution in [0.15, 0.2) is 36.7 Å². The minimum atomic E-state index is -1.31. The average Bonchev–Trinajstić information content (AvgIpc) is 2.51. The molecule has 0 unspecified atom stereocenters. The molecule has 0 aliphatic rings. The Morgan fingerprint density at radius 1 is 1.18 bits per heavy atom. The molecule has 0 radical (unpaired) electrons. The molecule has 0 saturated carbocycles. The standard InChI is InChI=1S/C15H14FN3O3/c16-11-5-1-3-10(9-11)4-2-6-19-14(20)12-13(15(21)22)18-8-7-17-12/h1,3,5,7-9H,2,4,6H2,(H,19,20)(H,21,22). The molecule has 0 atom stereocenters. The SMILES string of the molecule is O=C(O)c1nccnc1C(=O)NCCCc1cccc(F)c1. The molecule has 0 spiro atoms. The van der Waals surface area contributed by atoms with Crippen molar-refractivity contribution in [1.82, 2.24) is 15.3 Å². The predicted molar refractivity (Wildman–Crippen MR) is 76.0 cm³/mol. The molecular formula is C15H14FN3O3. The van der Waals surface area contributed by atoms with Crippen molar-refractivity contribution in [3.63, 3.8) is 0 Å². The quantitative estimate of drug-likeness (QED) is 0.792. The van der Waals surface area contributed by atoms with Gasteiger partial charge in [-0.2, -0.15) is 0 Å². The lowest BCUT2D eigenvalue weighted by Crippen LogP contribution is -2.28. The van der Waals surface area contributed by atoms with Crippen molar-refractivity contribution in [2.45, 2.75) is 12.8 Å². The van der Waals surface area contributed by atoms with Gasteiger partial charge in [-0.15, -0.1) is 0 Å². The Kier molecular flexibility index (Phi) is 5.13. The van der Waals surface area contributed by atoms with E-state index < -0.39 is 11.9 Å². The van der Waals surface area contributed by atoms with E-state index in [0.717, 1.165) is 5.56 Å². The highest BCUT2D eigenvalue weighted by atomic mass is 19.1. The first-order chi connectivity index (χ1) is 10.6. The maximum Gasteiger partial charge on any atom is 0.356 e. The van der Waals surface area contributed by atoms with Crippen LogP contribution in [-0.4, -0.2) is 33.5 Å². The van der Waals surface area contributed by atoms with Crippen LogP contribution >= 0.6 is 0 Å². The van der Waals surface area contributed by atoms with Crippen LogP contribution in [0.1, 0.15) is 33.0 Å². The highest BCUT2D eigenvalue weighted by molar-refractivity contribution is 6.01. The molecular weight excluding hydrogens is 289 g/mol. The first-order valence-electron chi connectivity index (χ1n) is 6.65. The van der Waals surface area contributed by atoms with Crippen LogP contribution in [0, 0.1) is 5.82 Å². The molecule has 7 heteroatoms. The molecule has 1 aromatic carbocycles. The van der Waals surface area contributed by atoms with Crippen molar-refractivity contribution >= 4 is 11.9 Å². The van der Waals surface area contributed by atoms with Crippen molar-refractivity contribution < 1.29 is 19.1 Å². The molecule has 2 aromatic rings. The Bertz CT molecular complexity index is 691. The number of carboxylic acids is 1. The molecule has 22 heavy (non-hydrogen) atoms. The highest BCUT2D eigenvalue weighted by Gasteiger charge is 2.18. The van der Waals surface area contributed by atoms with Gasteiger partial charge in [0.25, 0.3) is 5.91 Å². The lowest BCUT2D eigenvalue weighted by molar-refractivity contribution is 0.0683. The first-order valence-corrected chi connectivity index (χ1v) is 6.65. The number of nitrogens with one attached hydrogen (secondary N) is 1. The van der Waals surface area contributed by atoms with Gasteiger partial charge in [0, 0.05) is 18.9 Å². The van der Waals surface area contributed by atoms with Gasteiger partial charge in [-0.25, -0.2) is 19.2 Å². The minimum Gasteiger partial charge on any atom is -0.476 e. The second-order valence-electron chi connectivity index (χ2n) is 4.55. The molecule has 114 valence electrons. The number of rotatable bonds is 6. The zero-order valence-corrected chi connectivity index (χ0v) is 11.6. The van der Waals surface area contributed by atoms with E-state index in [1.54, 1.807) is 12.1 Å². The lowest BCUT2D eigenvalue weighted by atomic mass is 10.1. The Hall–Kier alpha value is -2.83. The van der Waals surface area contributed by atoms with Crippen LogP contribution in [0.5, 0.6) is 0 Å². The number of benzene rings is 1. The Morgan fingerprint density at radius 3 is 2.59 bits per heavy atom. The smallest absolute Gasteiger partial charge is 0.356 e. The van der Waals surface area contributed by atoms with Crippen LogP contribution in [0.3, 0.4) is 0 Å². The summed E-state index contributed by atoms with van der Waals surface area (Å²) in [6.07, 6.45) is 3.67. The summed E-state index contributed by atoms with van der Waals surface area (Å²) in [5.74, 6) is -2.20. The average molecular weight is 303 g/mol. The van der Waals surface area contributed by atoms with Crippen molar-refractivity contribution in [2.75, 3.05) is 6.54 Å². The zero-order valence-electron chi connectivity index (χ0n) is 11.6. The molecule has 0 bridgehead atoms. The van der Waals surface area contributed by atoms with E-state index in [2.05, 4.69) is 15.3 Å². The number of carbonyl (C=O) groups is 2. The Morgan fingerprint density at radius 2 is 1.91 bits per heavy atom. The zero-order chi connectivity index (χ0) is 15.9. The van der Waals surface area contributed by atoms with Gasteiger partial charge >= 0.3 is 5.97 Å². The third-order valence-corrected chi connectivity index (χ3v) is 2.93. The van der Waals surface area contributed by atoms with E-state index in [9.17, 15) is 14.0 Å². The van der Waals surface area contributed by atoms with E-state index in [4.69, 9.17) is 5.11 Å². The number of hydrogen-bond donors (Lipinski definition) is 2. The fraction of sp³-hybridized carbons (Fsp3) is 0.200. The Balaban J connectivity index is 1.87. The fourth-order valence-corrected chi connectivity index (χ4v) is 1.93. The van der Waals surface area contributed by atoms with Gasteiger partial charge in [0.05, 0.1) is 0 Å². The van der Waals surface area contributed by atoms with Crippen LogP contribution in [0.2, 0.25) is 0 Å². The molecule has 0 aliphatic heterocycles. The molecule has 0 fully saturated rings. The van der Waals surface area contributed by atoms with E-state index in [0.29, 0.717) is 19.4 Å². The molecule has 0 saturated heterocycles. The molecule has 1 amide bonds. The molecule has 0 aliphatic carbocycles. The summed E-state index contributed by atoms with van der Waals surface area (Å²) in [6, 6.07) is 6.23. The summed E-state index contributed by atoms with van der Waals surface area (Å²) in [5.41, 5.74) is 0.228. The third kappa shape index (κ3) is 4.08. The van der Waals surface area contributed by atoms with Crippen LogP contribution < -0.4 is 5.32 Å². The number of aromatic carboxylic acids is 1. The Labute approximate surface area is 126 Å². The summed E-state index contributed by atoms with van der Waals surface area (Å²) in [6.45, 7) is 0.324. The van der Waals surface area contributed by atoms with E-state index in [1.165, 1.54) is 24.5 Å². The number of aromatic nitrogens is 2. The van der Waals surface area contributed by atoms with Crippen molar-refractivity contribution in [3.8, 4) is 0 Å². The van der Waals surface area contributed by atoms with Gasteiger partial charge in [0.1, 0.15) is 5.82 Å². The number of nitrogens with zero attached hydrogens (tertiary/aromatic N) is 2. The van der Waals surface area contributed by atoms with Gasteiger partial charge in [-0.3, -0.25) is 4.79 Å². The monoisotopic (exact) mass is 303 g/mol. The minimum absolute atomic E-state index is 0.222. The fourth-order valence-electron chi connectivity index (χ4n) is 1.93. The molecule has 2 N–H and O–H groups in total. The first kappa shape index (κ1) is 15.6. The van der Waals surface area contributed by atoms with Crippen molar-refractivity contribution in [3.05, 3.63) is 59.4 Å². The van der Waals surface area contributed by atoms with Gasteiger partial charge in [-0.1, -0.05) is 12.1 Å². The van der Waals surface area contributed by atoms with Gasteiger partial charge in [0.2, 0.25) is 0 Å². The number of halogens is 1. The predicted octanol–water partition coefficient (Wildman–Crippen LogP) is 1.68. The van der Waals surface area contributed by atoms with Crippen molar-refractivity contribution in [1.29, 1.82) is 0 Å². The van der Waals surface area contributed by atoms with Crippen LogP contribution in [0.4, 0.5) is 4.39 Å². The topological polar surface area (TPSA) is 92.2 Å². The number of amides is 1. The summed E-state index contributed by atoms with van der Waals surface area (Å²) in [5, 5.41) is 11.5. The number of carbonyl (C=O) groups excluding carboxylic acids is 1. The van der Waals surface area contributed by atoms with E-state index >= 15 is 0 Å². The molecule has 2 rings (SSSR count). The second kappa shape index (κ2) is 7.26.